The monoisotopic (exact) mass is 560 g/mol. The number of halogens is 6. The van der Waals surface area contributed by atoms with Crippen LogP contribution in [0, 0.1) is 0 Å². The van der Waals surface area contributed by atoms with E-state index in [1.807, 2.05) is 0 Å². The molecule has 0 radical (unpaired) electrons. The van der Waals surface area contributed by atoms with Gasteiger partial charge in [0.25, 0.3) is 5.91 Å². The van der Waals surface area contributed by atoms with Crippen LogP contribution < -0.4 is 5.32 Å². The van der Waals surface area contributed by atoms with Gasteiger partial charge < -0.3 is 10.1 Å². The number of alkyl halides is 6. The minimum Gasteiger partial charge on any atom is -0.379 e. The number of carbonyl (C=O) groups is 1. The maximum atomic E-state index is 13.4. The van der Waals surface area contributed by atoms with Crippen LogP contribution >= 0.6 is 24.0 Å². The number of ether oxygens (including phenoxy) is 1. The highest BCUT2D eigenvalue weighted by Gasteiger charge is 2.37. The minimum atomic E-state index is -4.95. The summed E-state index contributed by atoms with van der Waals surface area (Å²) in [4.78, 5) is 15.2. The number of allylic oxidation sites excluding steroid dienone is 1. The summed E-state index contributed by atoms with van der Waals surface area (Å²) in [7, 11) is 0. The van der Waals surface area contributed by atoms with Gasteiger partial charge in [-0.3, -0.25) is 9.69 Å². The van der Waals surface area contributed by atoms with Gasteiger partial charge in [-0.15, -0.1) is 0 Å². The second-order valence-corrected chi connectivity index (χ2v) is 10.3. The molecule has 198 valence electrons. The Labute approximate surface area is 219 Å². The second kappa shape index (κ2) is 11.1. The van der Waals surface area contributed by atoms with E-state index >= 15 is 0 Å². The van der Waals surface area contributed by atoms with Gasteiger partial charge in [-0.05, 0) is 65.9 Å². The summed E-state index contributed by atoms with van der Waals surface area (Å²) in [6.45, 7) is 3.60. The topological polar surface area (TPSA) is 41.6 Å². The van der Waals surface area contributed by atoms with Crippen molar-refractivity contribution in [2.75, 3.05) is 32.8 Å². The molecule has 1 amide bonds. The molecule has 12 heteroatoms. The zero-order chi connectivity index (χ0) is 26.8. The summed E-state index contributed by atoms with van der Waals surface area (Å²) >= 11 is 6.21. The Bertz CT molecular complexity index is 1190. The molecule has 4 rings (SSSR count). The van der Waals surface area contributed by atoms with E-state index in [9.17, 15) is 31.1 Å². The lowest BCUT2D eigenvalue weighted by Crippen LogP contribution is -2.36. The third-order valence-corrected chi connectivity index (χ3v) is 7.30. The molecule has 2 fully saturated rings. The number of benzene rings is 2. The summed E-state index contributed by atoms with van der Waals surface area (Å²) in [6, 6.07) is 7.71. The SMILES string of the molecule is O=C1NC(=S)S/C1=C(/CCCN1CCOCC1)c1cccc(-c2cc(C(F)(F)F)cc(C(F)(F)F)c2)c1. The lowest BCUT2D eigenvalue weighted by Gasteiger charge is -2.26. The van der Waals surface area contributed by atoms with Gasteiger partial charge in [0.1, 0.15) is 4.32 Å². The van der Waals surface area contributed by atoms with Crippen LogP contribution in [-0.4, -0.2) is 48.0 Å². The van der Waals surface area contributed by atoms with Crippen molar-refractivity contribution in [3.63, 3.8) is 0 Å². The molecular formula is C25H22F6N2O2S2. The average molecular weight is 561 g/mol. The standard InChI is InChI=1S/C25H22F6N2O2S2/c26-24(27,28)18-12-17(13-19(14-18)25(29,30)31)15-3-1-4-16(11-15)20(21-22(34)32-23(36)37-21)5-2-6-33-7-9-35-10-8-33/h1,3-4,11-14H,2,5-10H2,(H,32,34,36)/b21-20-. The highest BCUT2D eigenvalue weighted by Crippen LogP contribution is 2.40. The predicted molar refractivity (Wildman–Crippen MR) is 134 cm³/mol. The zero-order valence-corrected chi connectivity index (χ0v) is 21.0. The molecule has 1 N–H and O–H groups in total. The third kappa shape index (κ3) is 6.92. The Morgan fingerprint density at radius 3 is 2.19 bits per heavy atom. The number of thiocarbonyl (C=S) groups is 1. The third-order valence-electron chi connectivity index (χ3n) is 6.03. The first-order chi connectivity index (χ1) is 17.4. The molecule has 2 aromatic carbocycles. The number of nitrogens with zero attached hydrogens (tertiary/aromatic N) is 1. The molecule has 37 heavy (non-hydrogen) atoms. The van der Waals surface area contributed by atoms with E-state index in [2.05, 4.69) is 10.2 Å². The fourth-order valence-corrected chi connectivity index (χ4v) is 5.37. The number of morpholine rings is 1. The summed E-state index contributed by atoms with van der Waals surface area (Å²) in [6.07, 6.45) is -8.75. The average Bonchev–Trinajstić information content (AvgIpc) is 3.18. The number of rotatable bonds is 6. The normalized spacial score (nSPS) is 18.8. The van der Waals surface area contributed by atoms with Crippen molar-refractivity contribution in [2.24, 2.45) is 0 Å². The zero-order valence-electron chi connectivity index (χ0n) is 19.3. The van der Waals surface area contributed by atoms with E-state index in [1.165, 1.54) is 12.1 Å². The lowest BCUT2D eigenvalue weighted by atomic mass is 9.94. The highest BCUT2D eigenvalue weighted by atomic mass is 32.2. The molecule has 2 aliphatic heterocycles. The molecule has 0 aliphatic carbocycles. The number of thioether (sulfide) groups is 1. The predicted octanol–water partition coefficient (Wildman–Crippen LogP) is 6.36. The smallest absolute Gasteiger partial charge is 0.379 e. The summed E-state index contributed by atoms with van der Waals surface area (Å²) in [5.41, 5.74) is -1.65. The van der Waals surface area contributed by atoms with Crippen LogP contribution in [0.25, 0.3) is 16.7 Å². The Balaban J connectivity index is 1.71. The van der Waals surface area contributed by atoms with Gasteiger partial charge >= 0.3 is 12.4 Å². The van der Waals surface area contributed by atoms with Gasteiger partial charge in [0, 0.05) is 13.1 Å². The van der Waals surface area contributed by atoms with Crippen molar-refractivity contribution in [1.82, 2.24) is 10.2 Å². The van der Waals surface area contributed by atoms with Crippen LogP contribution in [0.4, 0.5) is 26.3 Å². The van der Waals surface area contributed by atoms with E-state index in [-0.39, 0.29) is 27.4 Å². The molecular weight excluding hydrogens is 538 g/mol. The molecule has 2 saturated heterocycles. The first-order valence-corrected chi connectivity index (χ1v) is 12.6. The van der Waals surface area contributed by atoms with E-state index in [1.54, 1.807) is 12.1 Å². The van der Waals surface area contributed by atoms with E-state index in [4.69, 9.17) is 17.0 Å². The highest BCUT2D eigenvalue weighted by molar-refractivity contribution is 8.26. The van der Waals surface area contributed by atoms with Crippen molar-refractivity contribution < 1.29 is 35.9 Å². The molecule has 0 aromatic heterocycles. The van der Waals surface area contributed by atoms with Gasteiger partial charge in [0.2, 0.25) is 0 Å². The number of hydrogen-bond donors (Lipinski definition) is 1. The molecule has 0 bridgehead atoms. The van der Waals surface area contributed by atoms with Gasteiger partial charge in [0.15, 0.2) is 0 Å². The van der Waals surface area contributed by atoms with Crippen molar-refractivity contribution in [3.05, 3.63) is 64.1 Å². The summed E-state index contributed by atoms with van der Waals surface area (Å²) < 4.78 is 86.0. The Morgan fingerprint density at radius 2 is 1.62 bits per heavy atom. The maximum absolute atomic E-state index is 13.4. The molecule has 2 heterocycles. The molecule has 0 unspecified atom stereocenters. The summed E-state index contributed by atoms with van der Waals surface area (Å²) in [5.74, 6) is -0.375. The summed E-state index contributed by atoms with van der Waals surface area (Å²) in [5, 5.41) is 2.57. The number of carbonyl (C=O) groups excluding carboxylic acids is 1. The fourth-order valence-electron chi connectivity index (χ4n) is 4.21. The van der Waals surface area contributed by atoms with Crippen LogP contribution in [0.3, 0.4) is 0 Å². The first-order valence-electron chi connectivity index (χ1n) is 11.4. The van der Waals surface area contributed by atoms with Crippen molar-refractivity contribution >= 4 is 39.8 Å². The lowest BCUT2D eigenvalue weighted by molar-refractivity contribution is -0.143. The van der Waals surface area contributed by atoms with Gasteiger partial charge in [-0.25, -0.2) is 0 Å². The Kier molecular flexibility index (Phi) is 8.32. The van der Waals surface area contributed by atoms with Crippen LogP contribution in [0.15, 0.2) is 47.4 Å². The Morgan fingerprint density at radius 1 is 0.973 bits per heavy atom. The van der Waals surface area contributed by atoms with Gasteiger partial charge in [-0.1, -0.05) is 42.2 Å². The number of amides is 1. The van der Waals surface area contributed by atoms with Crippen molar-refractivity contribution in [3.8, 4) is 11.1 Å². The Hall–Kier alpha value is -2.41. The number of hydrogen-bond acceptors (Lipinski definition) is 5. The van der Waals surface area contributed by atoms with Gasteiger partial charge in [0.05, 0.1) is 29.2 Å². The molecule has 2 aliphatic rings. The molecule has 0 saturated carbocycles. The van der Waals surface area contributed by atoms with Crippen LogP contribution in [-0.2, 0) is 21.9 Å². The molecule has 0 atom stereocenters. The van der Waals surface area contributed by atoms with Crippen molar-refractivity contribution in [2.45, 2.75) is 25.2 Å². The van der Waals surface area contributed by atoms with Crippen LogP contribution in [0.1, 0.15) is 29.5 Å². The molecule has 0 spiro atoms. The van der Waals surface area contributed by atoms with E-state index in [0.717, 1.165) is 31.4 Å². The second-order valence-electron chi connectivity index (χ2n) is 8.58. The van der Waals surface area contributed by atoms with Crippen LogP contribution in [0.5, 0.6) is 0 Å². The number of nitrogens with one attached hydrogen (secondary N) is 1. The minimum absolute atomic E-state index is 0.104. The molecule has 4 nitrogen and oxygen atoms in total. The molecule has 2 aromatic rings. The maximum Gasteiger partial charge on any atom is 0.416 e. The quantitative estimate of drug-likeness (QED) is 0.253. The van der Waals surface area contributed by atoms with Crippen LogP contribution in [0.2, 0.25) is 0 Å². The largest absolute Gasteiger partial charge is 0.416 e. The first kappa shape index (κ1) is 27.6. The van der Waals surface area contributed by atoms with Gasteiger partial charge in [-0.2, -0.15) is 26.3 Å². The van der Waals surface area contributed by atoms with E-state index < -0.39 is 23.5 Å². The van der Waals surface area contributed by atoms with E-state index in [0.29, 0.717) is 54.2 Å². The van der Waals surface area contributed by atoms with Crippen molar-refractivity contribution in [1.29, 1.82) is 0 Å². The fraction of sp³-hybridized carbons (Fsp3) is 0.360.